The summed E-state index contributed by atoms with van der Waals surface area (Å²) in [6.07, 6.45) is 4.71. The highest BCUT2D eigenvalue weighted by Crippen LogP contribution is 2.37. The largest absolute Gasteiger partial charge is 0.492 e. The van der Waals surface area contributed by atoms with Crippen LogP contribution in [0.5, 0.6) is 5.75 Å². The molecule has 0 atom stereocenters. The van der Waals surface area contributed by atoms with Gasteiger partial charge in [0.05, 0.1) is 35.6 Å². The fourth-order valence-corrected chi connectivity index (χ4v) is 4.22. The van der Waals surface area contributed by atoms with Crippen molar-refractivity contribution in [1.29, 1.82) is 5.41 Å². The highest BCUT2D eigenvalue weighted by atomic mass is 16.5. The number of ether oxygens (including phenoxy) is 1. The van der Waals surface area contributed by atoms with Crippen LogP contribution < -0.4 is 32.4 Å². The van der Waals surface area contributed by atoms with Gasteiger partial charge in [0.25, 0.3) is 5.91 Å². The van der Waals surface area contributed by atoms with Crippen molar-refractivity contribution in [3.63, 3.8) is 0 Å². The third-order valence-corrected chi connectivity index (χ3v) is 7.05. The molecule has 1 aliphatic rings. The Morgan fingerprint density at radius 2 is 1.89 bits per heavy atom. The van der Waals surface area contributed by atoms with Crippen LogP contribution in [-0.4, -0.2) is 30.8 Å². The lowest BCUT2D eigenvalue weighted by atomic mass is 9.84. The second-order valence-electron chi connectivity index (χ2n) is 10.9. The number of hydrogen-bond donors (Lipinski definition) is 5. The molecule has 0 bridgehead atoms. The predicted molar refractivity (Wildman–Crippen MR) is 156 cm³/mol. The zero-order valence-electron chi connectivity index (χ0n) is 23.3. The SMILES string of the molecule is C=C(/C(N)=C/N(N)c1cc(C(=O)Nc2cc(C(C)(C)C)cc(N)c2OC)ccc1C)N(C)C(=N)C1CCC1. The van der Waals surface area contributed by atoms with Gasteiger partial charge in [0.1, 0.15) is 5.84 Å². The number of nitrogen functional groups attached to an aromatic ring is 1. The molecular weight excluding hydrogens is 478 g/mol. The minimum atomic E-state index is -0.335. The number of nitrogens with zero attached hydrogens (tertiary/aromatic N) is 2. The number of nitrogens with one attached hydrogen (secondary N) is 2. The summed E-state index contributed by atoms with van der Waals surface area (Å²) in [5.41, 5.74) is 16.9. The Bertz CT molecular complexity index is 1270. The first-order valence-electron chi connectivity index (χ1n) is 12.7. The van der Waals surface area contributed by atoms with Gasteiger partial charge in [-0.25, -0.2) is 5.84 Å². The maximum absolute atomic E-state index is 13.3. The van der Waals surface area contributed by atoms with Crippen molar-refractivity contribution in [2.75, 3.05) is 30.2 Å². The van der Waals surface area contributed by atoms with Crippen LogP contribution in [0.1, 0.15) is 61.5 Å². The lowest BCUT2D eigenvalue weighted by molar-refractivity contribution is 0.102. The lowest BCUT2D eigenvalue weighted by Gasteiger charge is -2.33. The number of amidine groups is 1. The molecule has 3 rings (SSSR count). The molecule has 2 aromatic carbocycles. The van der Waals surface area contributed by atoms with Crippen LogP contribution in [0.4, 0.5) is 17.1 Å². The minimum absolute atomic E-state index is 0.169. The zero-order chi connectivity index (χ0) is 28.4. The highest BCUT2D eigenvalue weighted by Gasteiger charge is 2.26. The number of methoxy groups -OCH3 is 1. The van der Waals surface area contributed by atoms with E-state index in [0.29, 0.717) is 45.6 Å². The van der Waals surface area contributed by atoms with Crippen molar-refractivity contribution in [2.24, 2.45) is 17.5 Å². The zero-order valence-corrected chi connectivity index (χ0v) is 23.3. The number of carbonyl (C=O) groups excluding carboxylic acids is 1. The summed E-state index contributed by atoms with van der Waals surface area (Å²) in [5, 5.41) is 12.7. The Morgan fingerprint density at radius 1 is 1.24 bits per heavy atom. The Hall–Kier alpha value is -3.98. The van der Waals surface area contributed by atoms with Crippen molar-refractivity contribution in [1.82, 2.24) is 4.90 Å². The molecule has 204 valence electrons. The van der Waals surface area contributed by atoms with Gasteiger partial charge in [-0.1, -0.05) is 39.8 Å². The first-order valence-corrected chi connectivity index (χ1v) is 12.7. The van der Waals surface area contributed by atoms with E-state index in [9.17, 15) is 4.79 Å². The average Bonchev–Trinajstić information content (AvgIpc) is 2.81. The van der Waals surface area contributed by atoms with E-state index in [-0.39, 0.29) is 17.2 Å². The van der Waals surface area contributed by atoms with Crippen molar-refractivity contribution in [3.8, 4) is 5.75 Å². The number of likely N-dealkylation sites (N-methyl/N-ethyl adjacent to an activating group) is 1. The quantitative estimate of drug-likeness (QED) is 0.0837. The third kappa shape index (κ3) is 6.11. The minimum Gasteiger partial charge on any atom is -0.492 e. The number of carbonyl (C=O) groups is 1. The van der Waals surface area contributed by atoms with Crippen LogP contribution in [0.25, 0.3) is 0 Å². The number of hydrogen-bond acceptors (Lipinski definition) is 7. The third-order valence-electron chi connectivity index (χ3n) is 7.05. The molecule has 0 heterocycles. The molecule has 1 aliphatic carbocycles. The second-order valence-corrected chi connectivity index (χ2v) is 10.9. The smallest absolute Gasteiger partial charge is 0.255 e. The monoisotopic (exact) mass is 519 g/mol. The summed E-state index contributed by atoms with van der Waals surface area (Å²) in [7, 11) is 3.31. The summed E-state index contributed by atoms with van der Waals surface area (Å²) in [5.74, 6) is 7.18. The van der Waals surface area contributed by atoms with E-state index < -0.39 is 0 Å². The number of hydrazine groups is 1. The van der Waals surface area contributed by atoms with Gasteiger partial charge in [-0.05, 0) is 60.6 Å². The molecule has 38 heavy (non-hydrogen) atoms. The van der Waals surface area contributed by atoms with E-state index in [1.807, 2.05) is 25.1 Å². The van der Waals surface area contributed by atoms with Crippen molar-refractivity contribution < 1.29 is 9.53 Å². The molecule has 1 amide bonds. The van der Waals surface area contributed by atoms with E-state index >= 15 is 0 Å². The molecule has 1 saturated carbocycles. The molecule has 1 fully saturated rings. The normalized spacial score (nSPS) is 13.9. The Labute approximate surface area is 225 Å². The first kappa shape index (κ1) is 28.6. The number of rotatable bonds is 8. The van der Waals surface area contributed by atoms with Crippen molar-refractivity contribution in [3.05, 3.63) is 71.2 Å². The molecule has 0 saturated heterocycles. The summed E-state index contributed by atoms with van der Waals surface area (Å²) >= 11 is 0. The van der Waals surface area contributed by atoms with Crippen molar-refractivity contribution >= 4 is 28.8 Å². The topological polar surface area (TPSA) is 147 Å². The van der Waals surface area contributed by atoms with Crippen LogP contribution in [0.3, 0.4) is 0 Å². The van der Waals surface area contributed by atoms with E-state index in [1.54, 1.807) is 30.3 Å². The lowest BCUT2D eigenvalue weighted by Crippen LogP contribution is -2.37. The second kappa shape index (κ2) is 11.2. The van der Waals surface area contributed by atoms with Gasteiger partial charge in [0.15, 0.2) is 5.75 Å². The molecule has 9 heteroatoms. The molecule has 0 spiro atoms. The summed E-state index contributed by atoms with van der Waals surface area (Å²) in [6, 6.07) is 8.98. The molecule has 8 N–H and O–H groups in total. The average molecular weight is 520 g/mol. The van der Waals surface area contributed by atoms with E-state index in [4.69, 9.17) is 27.5 Å². The van der Waals surface area contributed by atoms with Crippen LogP contribution in [0, 0.1) is 18.3 Å². The van der Waals surface area contributed by atoms with E-state index in [1.165, 1.54) is 12.1 Å². The number of aryl methyl sites for hydroxylation is 1. The molecule has 2 aromatic rings. The maximum Gasteiger partial charge on any atom is 0.255 e. The fourth-order valence-electron chi connectivity index (χ4n) is 4.22. The molecule has 0 unspecified atom stereocenters. The number of anilines is 3. The molecule has 0 radical (unpaired) electrons. The van der Waals surface area contributed by atoms with Crippen LogP contribution >= 0.6 is 0 Å². The number of nitrogens with two attached hydrogens (primary N) is 3. The van der Waals surface area contributed by atoms with E-state index in [0.717, 1.165) is 30.4 Å². The van der Waals surface area contributed by atoms with E-state index in [2.05, 4.69) is 32.7 Å². The van der Waals surface area contributed by atoms with Crippen LogP contribution in [0.2, 0.25) is 0 Å². The van der Waals surface area contributed by atoms with Crippen LogP contribution in [0.15, 0.2) is 54.5 Å². The number of benzene rings is 2. The first-order chi connectivity index (χ1) is 17.7. The molecule has 9 nitrogen and oxygen atoms in total. The maximum atomic E-state index is 13.3. The molecular formula is C29H41N7O2. The Balaban J connectivity index is 1.84. The van der Waals surface area contributed by atoms with Gasteiger partial charge in [-0.3, -0.25) is 15.2 Å². The van der Waals surface area contributed by atoms with Gasteiger partial charge in [0, 0.05) is 24.7 Å². The highest BCUT2D eigenvalue weighted by molar-refractivity contribution is 6.06. The predicted octanol–water partition coefficient (Wildman–Crippen LogP) is 4.84. The van der Waals surface area contributed by atoms with Gasteiger partial charge < -0.3 is 26.4 Å². The van der Waals surface area contributed by atoms with Crippen molar-refractivity contribution in [2.45, 2.75) is 52.4 Å². The number of amides is 1. The van der Waals surface area contributed by atoms with Gasteiger partial charge in [-0.2, -0.15) is 0 Å². The van der Waals surface area contributed by atoms with Gasteiger partial charge >= 0.3 is 0 Å². The van der Waals surface area contributed by atoms with Gasteiger partial charge in [0.2, 0.25) is 0 Å². The molecule has 0 aliphatic heterocycles. The summed E-state index contributed by atoms with van der Waals surface area (Å²) < 4.78 is 5.47. The molecule has 0 aromatic heterocycles. The van der Waals surface area contributed by atoms with Crippen LogP contribution in [-0.2, 0) is 5.41 Å². The summed E-state index contributed by atoms with van der Waals surface area (Å²) in [6.45, 7) is 12.2. The fraction of sp³-hybridized carbons (Fsp3) is 0.379. The Kier molecular flexibility index (Phi) is 8.41. The summed E-state index contributed by atoms with van der Waals surface area (Å²) in [4.78, 5) is 15.0. The Morgan fingerprint density at radius 3 is 2.45 bits per heavy atom. The standard InChI is InChI=1S/C29H41N7O2/c1-17-11-12-20(28(37)34-24-15-21(29(3,4)5)14-22(30)26(24)38-7)13-25(17)36(33)16-23(31)18(2)35(6)27(32)19-9-8-10-19/h11-16,19,32H,2,8-10,30-31,33H2,1,3-7H3,(H,34,37)/b23-16-,32-27?. The van der Waals surface area contributed by atoms with Gasteiger partial charge in [-0.15, -0.1) is 0 Å².